The minimum atomic E-state index is -0.0756. The molecule has 2 amide bonds. The predicted molar refractivity (Wildman–Crippen MR) is 163 cm³/mol. The highest BCUT2D eigenvalue weighted by atomic mass is 16.5. The van der Waals surface area contributed by atoms with Crippen LogP contribution in [0.1, 0.15) is 37.0 Å². The van der Waals surface area contributed by atoms with Crippen molar-refractivity contribution in [3.05, 3.63) is 95.7 Å². The van der Waals surface area contributed by atoms with Gasteiger partial charge in [-0.1, -0.05) is 68.4 Å². The molecule has 216 valence electrons. The van der Waals surface area contributed by atoms with Crippen LogP contribution in [-0.4, -0.2) is 60.5 Å². The normalized spacial score (nSPS) is 11.0. The van der Waals surface area contributed by atoms with Crippen molar-refractivity contribution in [2.45, 2.75) is 39.7 Å². The molecule has 0 saturated heterocycles. The average Bonchev–Trinajstić information content (AvgIpc) is 3.40. The van der Waals surface area contributed by atoms with E-state index in [9.17, 15) is 9.59 Å². The number of aromatic nitrogens is 1. The quantitative estimate of drug-likeness (QED) is 0.211. The van der Waals surface area contributed by atoms with Gasteiger partial charge in [0, 0.05) is 43.2 Å². The standard InChI is InChI=1S/C34H41N3O4/c1-25(2)22-37(33(38)17-15-26-10-6-5-7-11-26)24-34(39)36(23-27-14-16-31(40-3)32(20-27)41-4)19-18-28-21-35-30-13-9-8-12-29(28)30/h5-14,16,20-21,25,35H,15,17-19,22-24H2,1-4H3. The number of ether oxygens (including phenoxy) is 2. The lowest BCUT2D eigenvalue weighted by atomic mass is 10.1. The zero-order valence-electron chi connectivity index (χ0n) is 24.6. The maximum absolute atomic E-state index is 13.9. The molecule has 7 heteroatoms. The van der Waals surface area contributed by atoms with E-state index >= 15 is 0 Å². The SMILES string of the molecule is COc1ccc(CN(CCc2c[nH]c3ccccc23)C(=O)CN(CC(C)C)C(=O)CCc2ccccc2)cc1OC. The van der Waals surface area contributed by atoms with Gasteiger partial charge in [-0.3, -0.25) is 9.59 Å². The van der Waals surface area contributed by atoms with Crippen molar-refractivity contribution in [2.75, 3.05) is 33.9 Å². The second-order valence-electron chi connectivity index (χ2n) is 10.8. The minimum Gasteiger partial charge on any atom is -0.493 e. The van der Waals surface area contributed by atoms with Gasteiger partial charge >= 0.3 is 0 Å². The molecule has 0 aliphatic carbocycles. The number of amides is 2. The van der Waals surface area contributed by atoms with Crippen molar-refractivity contribution >= 4 is 22.7 Å². The van der Waals surface area contributed by atoms with Crippen LogP contribution in [0.5, 0.6) is 11.5 Å². The Morgan fingerprint density at radius 1 is 0.805 bits per heavy atom. The molecule has 4 rings (SSSR count). The minimum absolute atomic E-state index is 0.00130. The molecule has 1 N–H and O–H groups in total. The smallest absolute Gasteiger partial charge is 0.242 e. The number of H-pyrrole nitrogens is 1. The first kappa shape index (κ1) is 29.7. The van der Waals surface area contributed by atoms with Crippen LogP contribution in [0.25, 0.3) is 10.9 Å². The van der Waals surface area contributed by atoms with E-state index in [-0.39, 0.29) is 24.3 Å². The average molecular weight is 556 g/mol. The van der Waals surface area contributed by atoms with Crippen molar-refractivity contribution in [1.29, 1.82) is 0 Å². The van der Waals surface area contributed by atoms with E-state index in [4.69, 9.17) is 9.47 Å². The third-order valence-electron chi connectivity index (χ3n) is 7.23. The van der Waals surface area contributed by atoms with Crippen LogP contribution in [0.4, 0.5) is 0 Å². The molecule has 0 saturated carbocycles. The number of hydrogen-bond donors (Lipinski definition) is 1. The van der Waals surface area contributed by atoms with Crippen LogP contribution in [0, 0.1) is 5.92 Å². The number of nitrogens with zero attached hydrogens (tertiary/aromatic N) is 2. The molecule has 7 nitrogen and oxygen atoms in total. The molecule has 0 unspecified atom stereocenters. The van der Waals surface area contributed by atoms with Gasteiger partial charge in [0.05, 0.1) is 20.8 Å². The van der Waals surface area contributed by atoms with E-state index in [1.54, 1.807) is 19.1 Å². The van der Waals surface area contributed by atoms with Crippen LogP contribution in [0.15, 0.2) is 79.0 Å². The number of carbonyl (C=O) groups is 2. The number of aromatic amines is 1. The number of para-hydroxylation sites is 1. The van der Waals surface area contributed by atoms with Crippen LogP contribution in [0.3, 0.4) is 0 Å². The Morgan fingerprint density at radius 3 is 2.27 bits per heavy atom. The van der Waals surface area contributed by atoms with Gasteiger partial charge in [-0.2, -0.15) is 0 Å². The maximum atomic E-state index is 13.9. The first-order valence-electron chi connectivity index (χ1n) is 14.2. The van der Waals surface area contributed by atoms with E-state index in [2.05, 4.69) is 31.0 Å². The number of carbonyl (C=O) groups excluding carboxylic acids is 2. The van der Waals surface area contributed by atoms with Crippen LogP contribution < -0.4 is 9.47 Å². The number of nitrogens with one attached hydrogen (secondary N) is 1. The second kappa shape index (κ2) is 14.4. The van der Waals surface area contributed by atoms with Gasteiger partial charge in [0.15, 0.2) is 11.5 Å². The lowest BCUT2D eigenvalue weighted by molar-refractivity contribution is -0.141. The van der Waals surface area contributed by atoms with Crippen molar-refractivity contribution in [3.63, 3.8) is 0 Å². The highest BCUT2D eigenvalue weighted by molar-refractivity contribution is 5.85. The molecule has 0 fully saturated rings. The third-order valence-corrected chi connectivity index (χ3v) is 7.23. The largest absolute Gasteiger partial charge is 0.493 e. The molecule has 1 heterocycles. The Morgan fingerprint density at radius 2 is 1.54 bits per heavy atom. The second-order valence-corrected chi connectivity index (χ2v) is 10.8. The molecular weight excluding hydrogens is 514 g/mol. The van der Waals surface area contributed by atoms with Crippen LogP contribution in [-0.2, 0) is 29.0 Å². The van der Waals surface area contributed by atoms with Gasteiger partial charge < -0.3 is 24.3 Å². The number of benzene rings is 3. The summed E-state index contributed by atoms with van der Waals surface area (Å²) in [6, 6.07) is 23.9. The molecule has 4 aromatic rings. The predicted octanol–water partition coefficient (Wildman–Crippen LogP) is 5.87. The Labute approximate surface area is 243 Å². The molecule has 0 radical (unpaired) electrons. The summed E-state index contributed by atoms with van der Waals surface area (Å²) in [6.07, 6.45) is 3.73. The Bertz CT molecular complexity index is 1430. The molecule has 0 aliphatic heterocycles. The lowest BCUT2D eigenvalue weighted by Gasteiger charge is -2.29. The van der Waals surface area contributed by atoms with Crippen molar-refractivity contribution in [1.82, 2.24) is 14.8 Å². The van der Waals surface area contributed by atoms with Gasteiger partial charge in [0.1, 0.15) is 0 Å². The van der Waals surface area contributed by atoms with Gasteiger partial charge in [0.2, 0.25) is 11.8 Å². The van der Waals surface area contributed by atoms with Gasteiger partial charge in [-0.15, -0.1) is 0 Å². The van der Waals surface area contributed by atoms with Gasteiger partial charge in [0.25, 0.3) is 0 Å². The zero-order chi connectivity index (χ0) is 29.2. The molecule has 41 heavy (non-hydrogen) atoms. The summed E-state index contributed by atoms with van der Waals surface area (Å²) in [6.45, 7) is 5.64. The van der Waals surface area contributed by atoms with Crippen molar-refractivity contribution in [3.8, 4) is 11.5 Å². The first-order valence-corrected chi connectivity index (χ1v) is 14.2. The topological polar surface area (TPSA) is 74.9 Å². The van der Waals surface area contributed by atoms with E-state index in [1.807, 2.05) is 71.8 Å². The van der Waals surface area contributed by atoms with Crippen LogP contribution in [0.2, 0.25) is 0 Å². The summed E-state index contributed by atoms with van der Waals surface area (Å²) in [5.74, 6) is 1.42. The van der Waals surface area contributed by atoms with Crippen LogP contribution >= 0.6 is 0 Å². The molecule has 3 aromatic carbocycles. The number of methoxy groups -OCH3 is 2. The van der Waals surface area contributed by atoms with Gasteiger partial charge in [-0.25, -0.2) is 0 Å². The summed E-state index contributed by atoms with van der Waals surface area (Å²) < 4.78 is 10.9. The molecule has 0 spiro atoms. The Kier molecular flexibility index (Phi) is 10.4. The van der Waals surface area contributed by atoms with E-state index in [1.165, 1.54) is 0 Å². The summed E-state index contributed by atoms with van der Waals surface area (Å²) in [4.78, 5) is 34.1. The third kappa shape index (κ3) is 8.13. The van der Waals surface area contributed by atoms with Crippen molar-refractivity contribution < 1.29 is 19.1 Å². The lowest BCUT2D eigenvalue weighted by Crippen LogP contribution is -2.44. The first-order chi connectivity index (χ1) is 19.9. The summed E-state index contributed by atoms with van der Waals surface area (Å²) >= 11 is 0. The highest BCUT2D eigenvalue weighted by Crippen LogP contribution is 2.28. The summed E-state index contributed by atoms with van der Waals surface area (Å²) in [5, 5.41) is 1.16. The highest BCUT2D eigenvalue weighted by Gasteiger charge is 2.23. The summed E-state index contributed by atoms with van der Waals surface area (Å²) in [5.41, 5.74) is 4.28. The van der Waals surface area contributed by atoms with E-state index < -0.39 is 0 Å². The molecule has 0 atom stereocenters. The molecule has 0 bridgehead atoms. The van der Waals surface area contributed by atoms with E-state index in [0.717, 1.165) is 27.6 Å². The number of aryl methyl sites for hydroxylation is 1. The Balaban J connectivity index is 1.52. The molecular formula is C34H41N3O4. The fraction of sp³-hybridized carbons (Fsp3) is 0.353. The number of hydrogen-bond acceptors (Lipinski definition) is 4. The Hall–Kier alpha value is -4.26. The number of rotatable bonds is 14. The van der Waals surface area contributed by atoms with Gasteiger partial charge in [-0.05, 0) is 53.6 Å². The maximum Gasteiger partial charge on any atom is 0.242 e. The molecule has 1 aromatic heterocycles. The monoisotopic (exact) mass is 555 g/mol. The fourth-order valence-electron chi connectivity index (χ4n) is 5.10. The molecule has 0 aliphatic rings. The van der Waals surface area contributed by atoms with Crippen molar-refractivity contribution in [2.24, 2.45) is 5.92 Å². The fourth-order valence-corrected chi connectivity index (χ4v) is 5.10. The number of fused-ring (bicyclic) bond motifs is 1. The zero-order valence-corrected chi connectivity index (χ0v) is 24.6. The van der Waals surface area contributed by atoms with E-state index in [0.29, 0.717) is 50.4 Å². The summed E-state index contributed by atoms with van der Waals surface area (Å²) in [7, 11) is 3.21.